The van der Waals surface area contributed by atoms with Crippen molar-refractivity contribution in [2.75, 3.05) is 33.4 Å². The van der Waals surface area contributed by atoms with Crippen molar-refractivity contribution in [3.05, 3.63) is 75.5 Å². The summed E-state index contributed by atoms with van der Waals surface area (Å²) < 4.78 is 52.2. The van der Waals surface area contributed by atoms with Gasteiger partial charge in [0.15, 0.2) is 11.7 Å². The molecular formula is C23H20ClF3N4O4. The molecule has 0 spiro atoms. The molecule has 2 atom stereocenters. The van der Waals surface area contributed by atoms with Crippen LogP contribution in [0.4, 0.5) is 13.2 Å². The van der Waals surface area contributed by atoms with Crippen LogP contribution < -0.4 is 5.32 Å². The average molecular weight is 509 g/mol. The van der Waals surface area contributed by atoms with Gasteiger partial charge in [-0.1, -0.05) is 17.7 Å². The van der Waals surface area contributed by atoms with E-state index >= 15 is 0 Å². The monoisotopic (exact) mass is 508 g/mol. The van der Waals surface area contributed by atoms with E-state index in [-0.39, 0.29) is 46.5 Å². The Morgan fingerprint density at radius 3 is 2.80 bits per heavy atom. The number of aldehydes is 1. The van der Waals surface area contributed by atoms with Gasteiger partial charge in [-0.2, -0.15) is 0 Å². The molecule has 12 heteroatoms. The largest absolute Gasteiger partial charge is 0.466 e. The summed E-state index contributed by atoms with van der Waals surface area (Å²) in [4.78, 5) is 34.5. The first-order chi connectivity index (χ1) is 16.8. The lowest BCUT2D eigenvalue weighted by atomic mass is 9.94. The van der Waals surface area contributed by atoms with Gasteiger partial charge in [-0.05, 0) is 12.1 Å². The van der Waals surface area contributed by atoms with Gasteiger partial charge in [-0.15, -0.1) is 0 Å². The zero-order chi connectivity index (χ0) is 25.1. The normalized spacial score (nSPS) is 20.8. The SMILES string of the molecule is COC(=O)C1=C(CN2CCOCC2C=O)NC(c2ncc(F)cc2F)=N[C@H]1c1ccc(F)cc1Cl. The molecule has 1 unspecified atom stereocenters. The second-order valence-corrected chi connectivity index (χ2v) is 8.19. The molecular weight excluding hydrogens is 489 g/mol. The lowest BCUT2D eigenvalue weighted by Crippen LogP contribution is -2.49. The maximum Gasteiger partial charge on any atom is 0.338 e. The number of benzene rings is 1. The van der Waals surface area contributed by atoms with Gasteiger partial charge in [0.25, 0.3) is 0 Å². The van der Waals surface area contributed by atoms with Crippen LogP contribution in [-0.4, -0.2) is 67.4 Å². The number of esters is 1. The van der Waals surface area contributed by atoms with Crippen LogP contribution in [0.2, 0.25) is 5.02 Å². The van der Waals surface area contributed by atoms with E-state index in [0.29, 0.717) is 19.2 Å². The van der Waals surface area contributed by atoms with Gasteiger partial charge in [0.2, 0.25) is 0 Å². The minimum absolute atomic E-state index is 0.0227. The van der Waals surface area contributed by atoms with Gasteiger partial charge in [-0.3, -0.25) is 9.89 Å². The fourth-order valence-corrected chi connectivity index (χ4v) is 4.18. The quantitative estimate of drug-likeness (QED) is 0.473. The van der Waals surface area contributed by atoms with Crippen molar-refractivity contribution in [3.63, 3.8) is 0 Å². The van der Waals surface area contributed by atoms with E-state index < -0.39 is 35.5 Å². The molecule has 0 amide bonds. The van der Waals surface area contributed by atoms with Gasteiger partial charge < -0.3 is 19.6 Å². The molecule has 0 bridgehead atoms. The van der Waals surface area contributed by atoms with E-state index in [1.165, 1.54) is 13.2 Å². The zero-order valence-electron chi connectivity index (χ0n) is 18.4. The minimum atomic E-state index is -1.14. The van der Waals surface area contributed by atoms with Crippen LogP contribution in [0.15, 0.2) is 46.7 Å². The second-order valence-electron chi connectivity index (χ2n) is 7.79. The number of nitrogens with zero attached hydrogens (tertiary/aromatic N) is 3. The van der Waals surface area contributed by atoms with Crippen molar-refractivity contribution in [2.24, 2.45) is 4.99 Å². The number of methoxy groups -OCH3 is 1. The van der Waals surface area contributed by atoms with Gasteiger partial charge >= 0.3 is 5.97 Å². The summed E-state index contributed by atoms with van der Waals surface area (Å²) in [6.45, 7) is 0.926. The Balaban J connectivity index is 1.87. The summed E-state index contributed by atoms with van der Waals surface area (Å²) in [5.41, 5.74) is 0.223. The number of pyridine rings is 1. The molecule has 3 heterocycles. The first kappa shape index (κ1) is 24.8. The average Bonchev–Trinajstić information content (AvgIpc) is 2.83. The van der Waals surface area contributed by atoms with Crippen molar-refractivity contribution in [3.8, 4) is 0 Å². The van der Waals surface area contributed by atoms with Crippen molar-refractivity contribution < 1.29 is 32.2 Å². The van der Waals surface area contributed by atoms with Gasteiger partial charge in [0, 0.05) is 35.4 Å². The molecule has 2 aliphatic rings. The minimum Gasteiger partial charge on any atom is -0.466 e. The number of hydrogen-bond acceptors (Lipinski definition) is 8. The van der Waals surface area contributed by atoms with Crippen LogP contribution in [0.25, 0.3) is 0 Å². The van der Waals surface area contributed by atoms with Crippen LogP contribution in [0.1, 0.15) is 17.3 Å². The molecule has 0 radical (unpaired) electrons. The van der Waals surface area contributed by atoms with E-state index in [0.717, 1.165) is 24.6 Å². The van der Waals surface area contributed by atoms with E-state index in [1.54, 1.807) is 4.90 Å². The first-order valence-electron chi connectivity index (χ1n) is 10.5. The summed E-state index contributed by atoms with van der Waals surface area (Å²) in [5, 5.41) is 2.88. The van der Waals surface area contributed by atoms with E-state index in [1.807, 2.05) is 0 Å². The summed E-state index contributed by atoms with van der Waals surface area (Å²) >= 11 is 6.29. The number of rotatable bonds is 6. The molecule has 1 aromatic heterocycles. The smallest absolute Gasteiger partial charge is 0.338 e. The second kappa shape index (κ2) is 10.5. The van der Waals surface area contributed by atoms with Crippen molar-refractivity contribution in [1.82, 2.24) is 15.2 Å². The van der Waals surface area contributed by atoms with Crippen molar-refractivity contribution in [1.29, 1.82) is 0 Å². The molecule has 35 heavy (non-hydrogen) atoms. The third-order valence-electron chi connectivity index (χ3n) is 5.62. The Hall–Kier alpha value is -3.28. The van der Waals surface area contributed by atoms with Crippen LogP contribution in [0.5, 0.6) is 0 Å². The summed E-state index contributed by atoms with van der Waals surface area (Å²) in [5.74, 6) is -3.34. The number of nitrogens with one attached hydrogen (secondary N) is 1. The molecule has 1 N–H and O–H groups in total. The maximum atomic E-state index is 14.6. The summed E-state index contributed by atoms with van der Waals surface area (Å²) in [6.07, 6.45) is 1.55. The summed E-state index contributed by atoms with van der Waals surface area (Å²) in [7, 11) is 1.18. The Bertz CT molecular complexity index is 1220. The number of hydrogen-bond donors (Lipinski definition) is 1. The van der Waals surface area contributed by atoms with Gasteiger partial charge in [0.05, 0.1) is 38.1 Å². The first-order valence-corrected chi connectivity index (χ1v) is 10.9. The highest BCUT2D eigenvalue weighted by Gasteiger charge is 2.36. The number of ether oxygens (including phenoxy) is 2. The summed E-state index contributed by atoms with van der Waals surface area (Å²) in [6, 6.07) is 2.48. The molecule has 1 saturated heterocycles. The highest BCUT2D eigenvalue weighted by atomic mass is 35.5. The fraction of sp³-hybridized carbons (Fsp3) is 0.304. The highest BCUT2D eigenvalue weighted by molar-refractivity contribution is 6.31. The number of amidine groups is 1. The molecule has 8 nitrogen and oxygen atoms in total. The highest BCUT2D eigenvalue weighted by Crippen LogP contribution is 2.36. The Labute approximate surface area is 203 Å². The lowest BCUT2D eigenvalue weighted by molar-refractivity contribution is -0.136. The van der Waals surface area contributed by atoms with E-state index in [4.69, 9.17) is 21.1 Å². The Kier molecular flexibility index (Phi) is 7.48. The fourth-order valence-electron chi connectivity index (χ4n) is 3.91. The number of carbonyl (C=O) groups excluding carboxylic acids is 2. The van der Waals surface area contributed by atoms with E-state index in [9.17, 15) is 22.8 Å². The topological polar surface area (TPSA) is 93.1 Å². The molecule has 1 fully saturated rings. The predicted octanol–water partition coefficient (Wildman–Crippen LogP) is 2.57. The number of aliphatic imine (C=N–C) groups is 1. The van der Waals surface area contributed by atoms with Crippen molar-refractivity contribution in [2.45, 2.75) is 12.1 Å². The van der Waals surface area contributed by atoms with Gasteiger partial charge in [-0.25, -0.2) is 22.9 Å². The number of aromatic nitrogens is 1. The molecule has 2 aromatic rings. The Morgan fingerprint density at radius 1 is 1.31 bits per heavy atom. The predicted molar refractivity (Wildman–Crippen MR) is 119 cm³/mol. The molecule has 184 valence electrons. The van der Waals surface area contributed by atoms with Crippen molar-refractivity contribution >= 4 is 29.7 Å². The lowest BCUT2D eigenvalue weighted by Gasteiger charge is -2.35. The Morgan fingerprint density at radius 2 is 2.11 bits per heavy atom. The third-order valence-corrected chi connectivity index (χ3v) is 5.95. The zero-order valence-corrected chi connectivity index (χ0v) is 19.2. The molecule has 1 aromatic carbocycles. The van der Waals surface area contributed by atoms with Gasteiger partial charge in [0.1, 0.15) is 29.7 Å². The molecule has 2 aliphatic heterocycles. The number of morpholine rings is 1. The molecule has 0 aliphatic carbocycles. The van der Waals surface area contributed by atoms with Crippen LogP contribution >= 0.6 is 11.6 Å². The molecule has 4 rings (SSSR count). The maximum absolute atomic E-state index is 14.6. The van der Waals surface area contributed by atoms with Crippen LogP contribution in [-0.2, 0) is 19.1 Å². The van der Waals surface area contributed by atoms with Crippen LogP contribution in [0.3, 0.4) is 0 Å². The number of carbonyl (C=O) groups is 2. The molecule has 0 saturated carbocycles. The van der Waals surface area contributed by atoms with Crippen LogP contribution in [0, 0.1) is 17.5 Å². The van der Waals surface area contributed by atoms with E-state index in [2.05, 4.69) is 15.3 Å². The standard InChI is InChI=1S/C23H20ClF3N4O4/c1-34-23(33)19-18(9-31-4-5-35-11-14(31)10-32)29-22(21-17(27)7-13(26)8-28-21)30-20(19)15-3-2-12(25)6-16(15)24/h2-3,6-8,10,14,20H,4-5,9,11H2,1H3,(H,29,30)/t14?,20-/m0/s1. The third kappa shape index (κ3) is 5.21. The number of halogens is 4.